The van der Waals surface area contributed by atoms with Crippen molar-refractivity contribution in [3.05, 3.63) is 133 Å². The summed E-state index contributed by atoms with van der Waals surface area (Å²) in [6, 6.07) is 48.2. The quantitative estimate of drug-likeness (QED) is 0.146. The first-order valence-corrected chi connectivity index (χ1v) is 15.2. The summed E-state index contributed by atoms with van der Waals surface area (Å²) in [6.07, 6.45) is 0. The molecule has 0 amide bonds. The van der Waals surface area contributed by atoms with Gasteiger partial charge in [-0.25, -0.2) is 0 Å². The maximum atomic E-state index is 2.35. The van der Waals surface area contributed by atoms with Crippen molar-refractivity contribution >= 4 is 58.6 Å². The monoisotopic (exact) mass is 724 g/mol. The minimum Gasteiger partial charge on any atom is -1.00 e. The maximum Gasteiger partial charge on any atom is 4.00 e. The molecule has 0 N–H and O–H groups in total. The smallest absolute Gasteiger partial charge is 1.00 e. The molecule has 0 fully saturated rings. The van der Waals surface area contributed by atoms with Crippen LogP contribution in [-0.2, 0) is 25.8 Å². The standard InChI is InChI=1S/C21H16P.C11H12P.2ClH.Hf/c1-3-11-19(12-4-1)22(20-13-5-2-6-14-20)21-15-17-9-7-8-10-18(17)16-21;1-12(2)11-7-9-5-3-4-6-10(9)8-11;;;/h1-16H;3-8H,1-2H3;2*1H;/q2*-1;;;+4/p-2. The van der Waals surface area contributed by atoms with E-state index in [1.54, 1.807) is 0 Å². The zero-order valence-corrected chi connectivity index (χ0v) is 27.7. The molecule has 0 aliphatic rings. The zero-order chi connectivity index (χ0) is 23.3. The fourth-order valence-electron chi connectivity index (χ4n) is 4.26. The molecule has 0 aliphatic heterocycles. The second-order valence-corrected chi connectivity index (χ2v) is 13.1. The van der Waals surface area contributed by atoms with Crippen molar-refractivity contribution in [2.45, 2.75) is 0 Å². The molecule has 0 spiro atoms. The van der Waals surface area contributed by atoms with Crippen LogP contribution in [-0.4, -0.2) is 13.3 Å². The van der Waals surface area contributed by atoms with Crippen molar-refractivity contribution < 1.29 is 50.7 Å². The molecular weight excluding hydrogens is 696 g/mol. The third-order valence-corrected chi connectivity index (χ3v) is 9.70. The molecule has 0 aliphatic carbocycles. The van der Waals surface area contributed by atoms with Crippen LogP contribution >= 0.6 is 15.8 Å². The van der Waals surface area contributed by atoms with Crippen molar-refractivity contribution in [1.82, 2.24) is 0 Å². The van der Waals surface area contributed by atoms with Crippen molar-refractivity contribution in [2.75, 3.05) is 13.3 Å². The topological polar surface area (TPSA) is 0 Å². The molecule has 0 saturated heterocycles. The summed E-state index contributed by atoms with van der Waals surface area (Å²) in [5.41, 5.74) is 0. The number of fused-ring (bicyclic) bond motifs is 2. The van der Waals surface area contributed by atoms with E-state index in [0.717, 1.165) is 0 Å². The molecule has 6 aromatic rings. The van der Waals surface area contributed by atoms with Crippen molar-refractivity contribution in [3.63, 3.8) is 0 Å². The maximum absolute atomic E-state index is 2.35. The molecule has 0 atom stereocenters. The molecule has 0 saturated carbocycles. The number of benzene rings is 4. The van der Waals surface area contributed by atoms with Gasteiger partial charge < -0.3 is 24.8 Å². The van der Waals surface area contributed by atoms with Crippen LogP contribution in [0.4, 0.5) is 0 Å². The molecule has 6 rings (SSSR count). The van der Waals surface area contributed by atoms with E-state index in [0.29, 0.717) is 0 Å². The molecule has 0 radical (unpaired) electrons. The van der Waals surface area contributed by atoms with Gasteiger partial charge in [-0.1, -0.05) is 72.8 Å². The van der Waals surface area contributed by atoms with E-state index in [4.69, 9.17) is 0 Å². The van der Waals surface area contributed by atoms with Crippen LogP contribution in [0.1, 0.15) is 0 Å². The van der Waals surface area contributed by atoms with Gasteiger partial charge in [0.1, 0.15) is 0 Å². The Morgan fingerprint density at radius 2 is 0.865 bits per heavy atom. The van der Waals surface area contributed by atoms with E-state index in [9.17, 15) is 0 Å². The van der Waals surface area contributed by atoms with Crippen LogP contribution in [0.15, 0.2) is 133 Å². The van der Waals surface area contributed by atoms with Gasteiger partial charge in [0.05, 0.1) is 0 Å². The van der Waals surface area contributed by atoms with E-state index < -0.39 is 7.92 Å². The van der Waals surface area contributed by atoms with Gasteiger partial charge in [-0.15, -0.1) is 88.6 Å². The summed E-state index contributed by atoms with van der Waals surface area (Å²) in [4.78, 5) is 0. The van der Waals surface area contributed by atoms with E-state index >= 15 is 0 Å². The minimum absolute atomic E-state index is 0. The first-order valence-electron chi connectivity index (χ1n) is 11.6. The minimum atomic E-state index is -0.493. The van der Waals surface area contributed by atoms with Gasteiger partial charge in [0.15, 0.2) is 0 Å². The average molecular weight is 724 g/mol. The van der Waals surface area contributed by atoms with E-state index in [1.807, 2.05) is 0 Å². The molecule has 37 heavy (non-hydrogen) atoms. The van der Waals surface area contributed by atoms with E-state index in [-0.39, 0.29) is 58.6 Å². The third kappa shape index (κ3) is 7.72. The molecular formula is C32H28Cl2HfP2. The second kappa shape index (κ2) is 15.1. The van der Waals surface area contributed by atoms with Crippen LogP contribution in [0.5, 0.6) is 0 Å². The molecule has 0 unspecified atom stereocenters. The Balaban J connectivity index is 0.000000277. The Morgan fingerprint density at radius 1 is 0.486 bits per heavy atom. The Morgan fingerprint density at radius 3 is 1.30 bits per heavy atom. The number of hydrogen-bond donors (Lipinski definition) is 0. The largest absolute Gasteiger partial charge is 4.00 e. The van der Waals surface area contributed by atoms with Crippen LogP contribution in [0, 0.1) is 0 Å². The van der Waals surface area contributed by atoms with E-state index in [1.165, 1.54) is 42.8 Å². The summed E-state index contributed by atoms with van der Waals surface area (Å²) >= 11 is 0. The first kappa shape index (κ1) is 31.6. The van der Waals surface area contributed by atoms with Gasteiger partial charge in [-0.3, -0.25) is 0 Å². The third-order valence-electron chi connectivity index (χ3n) is 6.01. The van der Waals surface area contributed by atoms with Crippen LogP contribution in [0.25, 0.3) is 21.5 Å². The van der Waals surface area contributed by atoms with Gasteiger partial charge in [0.2, 0.25) is 0 Å². The van der Waals surface area contributed by atoms with Gasteiger partial charge in [-0.2, -0.15) is 12.1 Å². The van der Waals surface area contributed by atoms with Gasteiger partial charge in [0, 0.05) is 0 Å². The predicted molar refractivity (Wildman–Crippen MR) is 156 cm³/mol. The SMILES string of the molecule is CP(C)c1cc2ccccc2[cH-]1.[Cl-].[Cl-].[Hf+4].c1ccc(P(c2ccccc2)c2cc3ccccc3[cH-]2)cc1. The molecule has 0 nitrogen and oxygen atoms in total. The Labute approximate surface area is 254 Å². The summed E-state index contributed by atoms with van der Waals surface area (Å²) in [5.74, 6) is 0. The molecule has 0 heterocycles. The predicted octanol–water partition coefficient (Wildman–Crippen LogP) is 1.25. The van der Waals surface area contributed by atoms with Crippen molar-refractivity contribution in [1.29, 1.82) is 0 Å². The van der Waals surface area contributed by atoms with E-state index in [2.05, 4.69) is 147 Å². The summed E-state index contributed by atoms with van der Waals surface area (Å²) < 4.78 is 0. The van der Waals surface area contributed by atoms with Crippen LogP contribution < -0.4 is 46.0 Å². The Hall–Kier alpha value is -1.59. The van der Waals surface area contributed by atoms with Crippen LogP contribution in [0.3, 0.4) is 0 Å². The van der Waals surface area contributed by atoms with Gasteiger partial charge in [-0.05, 0) is 31.9 Å². The average Bonchev–Trinajstić information content (AvgIpc) is 3.50. The molecule has 0 aromatic heterocycles. The molecule has 184 valence electrons. The Kier molecular flexibility index (Phi) is 12.9. The Bertz CT molecular complexity index is 1390. The molecule has 5 heteroatoms. The normalized spacial score (nSPS) is 10.3. The van der Waals surface area contributed by atoms with Crippen LogP contribution in [0.2, 0.25) is 0 Å². The molecule has 0 bridgehead atoms. The van der Waals surface area contributed by atoms with Gasteiger partial charge in [0.25, 0.3) is 0 Å². The first-order chi connectivity index (χ1) is 16.7. The number of rotatable bonds is 4. The zero-order valence-electron chi connectivity index (χ0n) is 20.9. The number of hydrogen-bond acceptors (Lipinski definition) is 0. The van der Waals surface area contributed by atoms with Crippen molar-refractivity contribution in [2.24, 2.45) is 0 Å². The summed E-state index contributed by atoms with van der Waals surface area (Å²) in [7, 11) is -0.435. The molecule has 6 aromatic carbocycles. The number of halogens is 2. The summed E-state index contributed by atoms with van der Waals surface area (Å²) in [6.45, 7) is 4.59. The second-order valence-electron chi connectivity index (χ2n) is 8.59. The fourth-order valence-corrected chi connectivity index (χ4v) is 7.42. The van der Waals surface area contributed by atoms with Crippen molar-refractivity contribution in [3.8, 4) is 0 Å². The van der Waals surface area contributed by atoms with Gasteiger partial charge >= 0.3 is 25.8 Å². The summed E-state index contributed by atoms with van der Waals surface area (Å²) in [5, 5.41) is 11.2. The fraction of sp³-hybridized carbons (Fsp3) is 0.0625.